The summed E-state index contributed by atoms with van der Waals surface area (Å²) in [6, 6.07) is 4.10. The third-order valence-corrected chi connectivity index (χ3v) is 9.11. The maximum atomic E-state index is 12.7. The number of aromatic nitrogens is 1. The molecule has 2 amide bonds. The van der Waals surface area contributed by atoms with Crippen molar-refractivity contribution in [1.29, 1.82) is 0 Å². The van der Waals surface area contributed by atoms with Crippen molar-refractivity contribution in [3.8, 4) is 5.75 Å². The molecule has 1 aromatic carbocycles. The van der Waals surface area contributed by atoms with Crippen LogP contribution in [0, 0.1) is 0 Å². The first-order valence-electron chi connectivity index (χ1n) is 8.21. The molecule has 123 valence electrons. The fourth-order valence-corrected chi connectivity index (χ4v) is 7.56. The van der Waals surface area contributed by atoms with Gasteiger partial charge < -0.3 is 9.72 Å². The highest BCUT2D eigenvalue weighted by Gasteiger charge is 2.50. The van der Waals surface area contributed by atoms with E-state index in [9.17, 15) is 4.79 Å². The Hall–Kier alpha value is -1.93. The van der Waals surface area contributed by atoms with E-state index in [1.807, 2.05) is 11.0 Å². The summed E-state index contributed by atoms with van der Waals surface area (Å²) >= 11 is 1.61. The van der Waals surface area contributed by atoms with Crippen LogP contribution in [0.25, 0.3) is 10.2 Å². The molecule has 3 aliphatic heterocycles. The van der Waals surface area contributed by atoms with E-state index in [1.165, 1.54) is 10.9 Å². The monoisotopic (exact) mass is 358 g/mol. The molecule has 2 aromatic rings. The highest BCUT2D eigenvalue weighted by atomic mass is 32.1. The molecule has 1 radical (unpaired) electrons. The molecule has 5 rings (SSSR count). The van der Waals surface area contributed by atoms with Gasteiger partial charge in [0.25, 0.3) is 0 Å². The fourth-order valence-electron chi connectivity index (χ4n) is 3.80. The first kappa shape index (κ1) is 14.4. The number of rotatable bonds is 1. The Kier molecular flexibility index (Phi) is 3.02. The number of urea groups is 1. The van der Waals surface area contributed by atoms with Crippen LogP contribution in [0.3, 0.4) is 0 Å². The lowest BCUT2D eigenvalue weighted by Crippen LogP contribution is -2.53. The zero-order valence-electron chi connectivity index (χ0n) is 13.6. The number of fused-ring (bicyclic) bond motifs is 4. The Labute approximate surface area is 145 Å². The van der Waals surface area contributed by atoms with Crippen molar-refractivity contribution in [2.75, 3.05) is 25.1 Å². The number of nitrogens with zero attached hydrogens (tertiary/aromatic N) is 3. The molecule has 0 bridgehead atoms. The van der Waals surface area contributed by atoms with Crippen molar-refractivity contribution in [1.82, 2.24) is 9.97 Å². The average molecular weight is 358 g/mol. The lowest BCUT2D eigenvalue weighted by atomic mass is 10.1. The molecule has 0 spiro atoms. The minimum Gasteiger partial charge on any atom is -0.493 e. The highest BCUT2D eigenvalue weighted by molar-refractivity contribution is 7.22. The van der Waals surface area contributed by atoms with Crippen LogP contribution >= 0.6 is 11.3 Å². The first-order chi connectivity index (χ1) is 11.6. The summed E-state index contributed by atoms with van der Waals surface area (Å²) in [5.41, 5.74) is 2.45. The lowest BCUT2D eigenvalue weighted by molar-refractivity contribution is -0.498. The van der Waals surface area contributed by atoms with Crippen molar-refractivity contribution >= 4 is 47.0 Å². The second-order valence-corrected chi connectivity index (χ2v) is 9.99. The number of amides is 2. The van der Waals surface area contributed by atoms with Gasteiger partial charge in [-0.3, -0.25) is 4.90 Å². The summed E-state index contributed by atoms with van der Waals surface area (Å²) in [6.45, 7) is 3.86. The van der Waals surface area contributed by atoms with Crippen LogP contribution in [-0.4, -0.2) is 55.7 Å². The molecule has 3 aliphatic rings. The molecule has 0 aliphatic carbocycles. The van der Waals surface area contributed by atoms with E-state index in [1.54, 1.807) is 11.3 Å². The third kappa shape index (κ3) is 1.89. The van der Waals surface area contributed by atoms with Crippen LogP contribution in [-0.2, 0) is 6.42 Å². The van der Waals surface area contributed by atoms with Gasteiger partial charge in [0.1, 0.15) is 24.7 Å². The van der Waals surface area contributed by atoms with E-state index in [0.717, 1.165) is 47.1 Å². The zero-order chi connectivity index (χ0) is 16.4. The summed E-state index contributed by atoms with van der Waals surface area (Å²) in [6.07, 6.45) is 1.90. The molecule has 24 heavy (non-hydrogen) atoms. The molecule has 4 heterocycles. The first-order valence-corrected chi connectivity index (χ1v) is 10.6. The maximum absolute atomic E-state index is 12.7. The van der Waals surface area contributed by atoms with E-state index in [2.05, 4.69) is 29.6 Å². The predicted octanol–water partition coefficient (Wildman–Crippen LogP) is 1.71. The third-order valence-electron chi connectivity index (χ3n) is 5.23. The number of anilines is 1. The van der Waals surface area contributed by atoms with E-state index >= 15 is 0 Å². The van der Waals surface area contributed by atoms with Gasteiger partial charge in [0.2, 0.25) is 0 Å². The van der Waals surface area contributed by atoms with Crippen molar-refractivity contribution in [2.24, 2.45) is 0 Å². The molecular weight excluding hydrogens is 340 g/mol. The Morgan fingerprint density at radius 2 is 2.38 bits per heavy atom. The van der Waals surface area contributed by atoms with Crippen molar-refractivity contribution in [3.05, 3.63) is 17.7 Å². The van der Waals surface area contributed by atoms with Gasteiger partial charge >= 0.3 is 15.0 Å². The number of hydrogen-bond donors (Lipinski definition) is 1. The number of benzene rings is 1. The molecule has 1 fully saturated rings. The fraction of sp³-hybridized carbons (Fsp3) is 0.438. The second kappa shape index (κ2) is 5.03. The van der Waals surface area contributed by atoms with Crippen LogP contribution in [0.5, 0.6) is 5.75 Å². The number of carbonyl (C=O) groups is 1. The topological polar surface area (TPSA) is 57.5 Å². The van der Waals surface area contributed by atoms with E-state index in [0.29, 0.717) is 0 Å². The van der Waals surface area contributed by atoms with Crippen molar-refractivity contribution in [3.63, 3.8) is 0 Å². The maximum Gasteiger partial charge on any atom is 0.316 e. The normalized spacial score (nSPS) is 23.5. The number of nitrogens with one attached hydrogen (secondary N) is 1. The molecule has 1 saturated heterocycles. The van der Waals surface area contributed by atoms with Gasteiger partial charge in [-0.05, 0) is 12.1 Å². The standard InChI is InChI=1S/C16H18N4O2SSi/c1-9-19(2)7-5-13-20(15(21)18-24(9)13)16-17-14-10-6-8-22-11(10)3-4-12(14)23-16/h3-4,13H,5-8H2,1-2H3,(H,18,21)/q+1/t13-/m0/s1. The molecular formula is C16H18N4O2SSi+. The Morgan fingerprint density at radius 3 is 3.25 bits per heavy atom. The molecule has 1 atom stereocenters. The van der Waals surface area contributed by atoms with Gasteiger partial charge in [-0.2, -0.15) is 0 Å². The second-order valence-electron chi connectivity index (χ2n) is 6.51. The minimum atomic E-state index is -1.06. The predicted molar refractivity (Wildman–Crippen MR) is 95.7 cm³/mol. The largest absolute Gasteiger partial charge is 0.493 e. The smallest absolute Gasteiger partial charge is 0.316 e. The van der Waals surface area contributed by atoms with Gasteiger partial charge in [-0.1, -0.05) is 11.3 Å². The lowest BCUT2D eigenvalue weighted by Gasteiger charge is -2.24. The summed E-state index contributed by atoms with van der Waals surface area (Å²) in [4.78, 5) is 22.7. The molecule has 0 saturated carbocycles. The van der Waals surface area contributed by atoms with Gasteiger partial charge in [-0.15, -0.1) is 0 Å². The molecule has 6 nitrogen and oxygen atoms in total. The number of thiazole rings is 1. The highest BCUT2D eigenvalue weighted by Crippen LogP contribution is 2.39. The molecule has 1 N–H and O–H groups in total. The van der Waals surface area contributed by atoms with Crippen LogP contribution in [0.2, 0.25) is 0 Å². The van der Waals surface area contributed by atoms with Crippen molar-refractivity contribution < 1.29 is 14.1 Å². The van der Waals surface area contributed by atoms with Crippen molar-refractivity contribution in [2.45, 2.75) is 25.4 Å². The van der Waals surface area contributed by atoms with E-state index in [4.69, 9.17) is 9.72 Å². The number of ether oxygens (including phenoxy) is 1. The SMILES string of the molecule is CC1=[N+](C)CC[C@H]2N(c3nc4c5c(ccc4s3)OCC5)C(=O)N[Si]12. The van der Waals surface area contributed by atoms with E-state index < -0.39 is 8.96 Å². The van der Waals surface area contributed by atoms with Gasteiger partial charge in [-0.25, -0.2) is 14.4 Å². The summed E-state index contributed by atoms with van der Waals surface area (Å²) in [7, 11) is 1.05. The van der Waals surface area contributed by atoms with Crippen LogP contribution in [0.1, 0.15) is 18.9 Å². The van der Waals surface area contributed by atoms with Gasteiger partial charge in [0.15, 0.2) is 5.13 Å². The Morgan fingerprint density at radius 1 is 1.50 bits per heavy atom. The van der Waals surface area contributed by atoms with Crippen LogP contribution in [0.15, 0.2) is 12.1 Å². The molecule has 8 heteroatoms. The number of carbonyl (C=O) groups excluding carboxylic acids is 1. The van der Waals surface area contributed by atoms with E-state index in [-0.39, 0.29) is 11.7 Å². The van der Waals surface area contributed by atoms with Gasteiger partial charge in [0, 0.05) is 25.3 Å². The molecule has 1 aromatic heterocycles. The molecule has 0 unspecified atom stereocenters. The number of hydrogen-bond acceptors (Lipinski definition) is 4. The van der Waals surface area contributed by atoms with Crippen LogP contribution in [0.4, 0.5) is 9.93 Å². The average Bonchev–Trinajstić information content (AvgIpc) is 3.25. The quantitative estimate of drug-likeness (QED) is 0.624. The Balaban J connectivity index is 1.59. The summed E-state index contributed by atoms with van der Waals surface area (Å²) in [5.74, 6) is 0.943. The zero-order valence-corrected chi connectivity index (χ0v) is 15.4. The summed E-state index contributed by atoms with van der Waals surface area (Å²) < 4.78 is 9.05. The van der Waals surface area contributed by atoms with Crippen LogP contribution < -0.4 is 14.6 Å². The minimum absolute atomic E-state index is 0.00971. The summed E-state index contributed by atoms with van der Waals surface area (Å²) in [5, 5.41) is 2.15. The van der Waals surface area contributed by atoms with Gasteiger partial charge in [0.05, 0.1) is 22.5 Å². The Bertz CT molecular complexity index is 909.